The molecule has 0 radical (unpaired) electrons. The Hall–Kier alpha value is -3.14. The molecule has 0 spiro atoms. The van der Waals surface area contributed by atoms with Crippen LogP contribution in [0.25, 0.3) is 11.3 Å². The maximum Gasteiger partial charge on any atom is 0.333 e. The molecule has 0 saturated carbocycles. The van der Waals surface area contributed by atoms with Crippen molar-refractivity contribution in [1.29, 1.82) is 0 Å². The SMILES string of the molecule is CSC(Nc1ccc(-c2cnn[nH]2)cc1)=C1C(=O)N(C)C(=O)N(C)C1=O. The number of carbonyl (C=O) groups is 3. The van der Waals surface area contributed by atoms with Gasteiger partial charge < -0.3 is 5.32 Å². The first-order chi connectivity index (χ1) is 12.4. The number of likely N-dealkylation sites (N-methyl/N-ethyl adjacent to an activating group) is 2. The number of rotatable bonds is 4. The van der Waals surface area contributed by atoms with E-state index in [0.29, 0.717) is 10.7 Å². The number of anilines is 1. The summed E-state index contributed by atoms with van der Waals surface area (Å²) >= 11 is 1.22. The second kappa shape index (κ2) is 7.00. The van der Waals surface area contributed by atoms with Crippen molar-refractivity contribution in [2.45, 2.75) is 0 Å². The van der Waals surface area contributed by atoms with Gasteiger partial charge in [0.15, 0.2) is 0 Å². The van der Waals surface area contributed by atoms with Gasteiger partial charge in [-0.05, 0) is 18.4 Å². The molecule has 1 aromatic carbocycles. The van der Waals surface area contributed by atoms with Crippen LogP contribution in [0.15, 0.2) is 41.1 Å². The van der Waals surface area contributed by atoms with Crippen molar-refractivity contribution in [3.63, 3.8) is 0 Å². The molecule has 0 aliphatic carbocycles. The number of barbiturate groups is 1. The predicted molar refractivity (Wildman–Crippen MR) is 96.9 cm³/mol. The van der Waals surface area contributed by atoms with Crippen LogP contribution < -0.4 is 5.32 Å². The summed E-state index contributed by atoms with van der Waals surface area (Å²) in [6.45, 7) is 0. The first-order valence-electron chi connectivity index (χ1n) is 7.56. The zero-order chi connectivity index (χ0) is 18.8. The number of nitrogens with one attached hydrogen (secondary N) is 2. The van der Waals surface area contributed by atoms with Crippen LogP contribution in [0.5, 0.6) is 0 Å². The van der Waals surface area contributed by atoms with Crippen LogP contribution in [0.4, 0.5) is 10.5 Å². The second-order valence-corrected chi connectivity index (χ2v) is 6.31. The molecule has 1 aliphatic rings. The van der Waals surface area contributed by atoms with Crippen molar-refractivity contribution in [2.24, 2.45) is 0 Å². The van der Waals surface area contributed by atoms with Gasteiger partial charge in [-0.15, -0.1) is 16.9 Å². The molecule has 134 valence electrons. The third-order valence-electron chi connectivity index (χ3n) is 3.91. The first kappa shape index (κ1) is 17.7. The van der Waals surface area contributed by atoms with Crippen LogP contribution in [0, 0.1) is 0 Å². The average molecular weight is 372 g/mol. The second-order valence-electron chi connectivity index (χ2n) is 5.49. The number of carbonyl (C=O) groups excluding carboxylic acids is 3. The third kappa shape index (κ3) is 3.06. The van der Waals surface area contributed by atoms with Gasteiger partial charge in [0.25, 0.3) is 11.8 Å². The zero-order valence-electron chi connectivity index (χ0n) is 14.3. The Morgan fingerprint density at radius 3 is 2.19 bits per heavy atom. The Kier molecular flexibility index (Phi) is 4.76. The van der Waals surface area contributed by atoms with Crippen molar-refractivity contribution in [1.82, 2.24) is 25.2 Å². The molecule has 3 rings (SSSR count). The van der Waals surface area contributed by atoms with Crippen LogP contribution in [0.1, 0.15) is 0 Å². The summed E-state index contributed by atoms with van der Waals surface area (Å²) < 4.78 is 0. The van der Waals surface area contributed by atoms with E-state index in [1.807, 2.05) is 24.3 Å². The lowest BCUT2D eigenvalue weighted by atomic mass is 10.1. The zero-order valence-corrected chi connectivity index (χ0v) is 15.1. The largest absolute Gasteiger partial charge is 0.349 e. The highest BCUT2D eigenvalue weighted by Crippen LogP contribution is 2.27. The molecule has 0 unspecified atom stereocenters. The molecule has 9 nitrogen and oxygen atoms in total. The van der Waals surface area contributed by atoms with E-state index >= 15 is 0 Å². The number of urea groups is 1. The minimum atomic E-state index is -0.651. The molecule has 0 bridgehead atoms. The molecule has 2 N–H and O–H groups in total. The number of H-pyrrole nitrogens is 1. The van der Waals surface area contributed by atoms with E-state index in [1.165, 1.54) is 25.9 Å². The van der Waals surface area contributed by atoms with Crippen LogP contribution in [-0.4, -0.2) is 63.4 Å². The Morgan fingerprint density at radius 1 is 1.08 bits per heavy atom. The molecule has 26 heavy (non-hydrogen) atoms. The van der Waals surface area contributed by atoms with Crippen molar-refractivity contribution >= 4 is 35.3 Å². The summed E-state index contributed by atoms with van der Waals surface area (Å²) in [4.78, 5) is 38.5. The highest BCUT2D eigenvalue weighted by molar-refractivity contribution is 8.02. The lowest BCUT2D eigenvalue weighted by Gasteiger charge is -2.30. The van der Waals surface area contributed by atoms with E-state index < -0.39 is 17.8 Å². The summed E-state index contributed by atoms with van der Waals surface area (Å²) in [5, 5.41) is 13.6. The van der Waals surface area contributed by atoms with Crippen molar-refractivity contribution in [3.8, 4) is 11.3 Å². The Labute approximate surface area is 153 Å². The van der Waals surface area contributed by atoms with Gasteiger partial charge in [-0.25, -0.2) is 4.79 Å². The molecule has 2 heterocycles. The summed E-state index contributed by atoms with van der Waals surface area (Å²) in [6, 6.07) is 6.67. The number of nitrogens with zero attached hydrogens (tertiary/aromatic N) is 4. The van der Waals surface area contributed by atoms with Crippen molar-refractivity contribution in [3.05, 3.63) is 41.1 Å². The molecule has 1 aliphatic heterocycles. The van der Waals surface area contributed by atoms with Crippen LogP contribution in [0.3, 0.4) is 0 Å². The highest BCUT2D eigenvalue weighted by Gasteiger charge is 2.40. The normalized spacial score (nSPS) is 14.9. The maximum atomic E-state index is 12.4. The Morgan fingerprint density at radius 2 is 1.69 bits per heavy atom. The molecular formula is C16H16N6O3S. The highest BCUT2D eigenvalue weighted by atomic mass is 32.2. The number of hydrogen-bond donors (Lipinski definition) is 2. The summed E-state index contributed by atoms with van der Waals surface area (Å²) in [6.07, 6.45) is 3.36. The fourth-order valence-corrected chi connectivity index (χ4v) is 3.04. The molecular weight excluding hydrogens is 356 g/mol. The maximum absolute atomic E-state index is 12.4. The molecule has 1 fully saturated rings. The van der Waals surface area contributed by atoms with Gasteiger partial charge >= 0.3 is 6.03 Å². The monoisotopic (exact) mass is 372 g/mol. The number of hydrogen-bond acceptors (Lipinski definition) is 7. The number of amides is 4. The van der Waals surface area contributed by atoms with Gasteiger partial charge in [0.1, 0.15) is 5.57 Å². The van der Waals surface area contributed by atoms with Gasteiger partial charge in [0, 0.05) is 25.3 Å². The molecule has 1 saturated heterocycles. The summed E-state index contributed by atoms with van der Waals surface area (Å²) in [5.74, 6) is -1.26. The Balaban J connectivity index is 1.91. The fourth-order valence-electron chi connectivity index (χ4n) is 2.44. The van der Waals surface area contributed by atoms with Gasteiger partial charge in [0.05, 0.1) is 16.9 Å². The number of benzene rings is 1. The number of aromatic amines is 1. The number of thioether (sulfide) groups is 1. The van der Waals surface area contributed by atoms with E-state index in [0.717, 1.165) is 21.1 Å². The smallest absolute Gasteiger partial charge is 0.333 e. The predicted octanol–water partition coefficient (Wildman–Crippen LogP) is 1.51. The minimum absolute atomic E-state index is 0.0658. The fraction of sp³-hybridized carbons (Fsp3) is 0.188. The summed E-state index contributed by atoms with van der Waals surface area (Å²) in [7, 11) is 2.69. The van der Waals surface area contributed by atoms with Gasteiger partial charge in [0.2, 0.25) is 0 Å². The van der Waals surface area contributed by atoms with Gasteiger partial charge in [-0.1, -0.05) is 17.3 Å². The van der Waals surface area contributed by atoms with Crippen LogP contribution in [-0.2, 0) is 9.59 Å². The topological polar surface area (TPSA) is 111 Å². The van der Waals surface area contributed by atoms with Crippen molar-refractivity contribution < 1.29 is 14.4 Å². The lowest BCUT2D eigenvalue weighted by Crippen LogP contribution is -2.53. The summed E-state index contributed by atoms with van der Waals surface area (Å²) in [5.41, 5.74) is 2.30. The van der Waals surface area contributed by atoms with Crippen LogP contribution >= 0.6 is 11.8 Å². The first-order valence-corrected chi connectivity index (χ1v) is 8.78. The molecule has 4 amide bonds. The number of aromatic nitrogens is 3. The van der Waals surface area contributed by atoms with Gasteiger partial charge in [-0.3, -0.25) is 24.5 Å². The molecule has 0 atom stereocenters. The minimum Gasteiger partial charge on any atom is -0.349 e. The van der Waals surface area contributed by atoms with Crippen molar-refractivity contribution in [2.75, 3.05) is 25.7 Å². The van der Waals surface area contributed by atoms with E-state index in [1.54, 1.807) is 12.5 Å². The van der Waals surface area contributed by atoms with Crippen LogP contribution in [0.2, 0.25) is 0 Å². The lowest BCUT2D eigenvalue weighted by molar-refractivity contribution is -0.134. The van der Waals surface area contributed by atoms with E-state index in [4.69, 9.17) is 0 Å². The third-order valence-corrected chi connectivity index (χ3v) is 4.63. The quantitative estimate of drug-likeness (QED) is 0.618. The average Bonchev–Trinajstić information content (AvgIpc) is 3.19. The van der Waals surface area contributed by atoms with Gasteiger partial charge in [-0.2, -0.15) is 0 Å². The standard InChI is InChI=1S/C16H16N6O3S/c1-21-14(23)12(15(24)22(2)16(21)25)13(26-3)18-10-6-4-9(5-7-10)11-8-17-20-19-11/h4-8,18H,1-3H3,(H,17,19,20). The molecule has 2 aromatic rings. The van der Waals surface area contributed by atoms with E-state index in [9.17, 15) is 14.4 Å². The molecule has 10 heteroatoms. The van der Waals surface area contributed by atoms with E-state index in [-0.39, 0.29) is 5.57 Å². The number of imide groups is 2. The van der Waals surface area contributed by atoms with E-state index in [2.05, 4.69) is 20.7 Å². The Bertz CT molecular complexity index is 865. The molecule has 1 aromatic heterocycles.